The van der Waals surface area contributed by atoms with Gasteiger partial charge in [0, 0.05) is 31.6 Å². The summed E-state index contributed by atoms with van der Waals surface area (Å²) in [4.78, 5) is 2.38. The minimum Gasteiger partial charge on any atom is -0.308 e. The van der Waals surface area contributed by atoms with Crippen molar-refractivity contribution in [2.45, 2.75) is 0 Å². The van der Waals surface area contributed by atoms with Gasteiger partial charge in [0.15, 0.2) is 0 Å². The molecule has 6 rings (SSSR count). The molecule has 0 saturated carbocycles. The largest absolute Gasteiger partial charge is 0.308 e. The Kier molecular flexibility index (Phi) is 4.41. The van der Waals surface area contributed by atoms with Crippen LogP contribution in [0.25, 0.3) is 30.9 Å². The Bertz CT molecular complexity index is 1550. The molecule has 1 heterocycles. The minimum absolute atomic E-state index is 0.773. The maximum absolute atomic E-state index is 6.30. The summed E-state index contributed by atoms with van der Waals surface area (Å²) in [5, 5.41) is 5.74. The van der Waals surface area contributed by atoms with Crippen LogP contribution in [0.1, 0.15) is 0 Å². The van der Waals surface area contributed by atoms with Gasteiger partial charge in [0.25, 0.3) is 0 Å². The zero-order valence-corrected chi connectivity index (χ0v) is 18.2. The molecule has 5 aromatic carbocycles. The van der Waals surface area contributed by atoms with E-state index in [9.17, 15) is 0 Å². The smallest absolute Gasteiger partial charge is 0.0640 e. The van der Waals surface area contributed by atoms with Gasteiger partial charge in [-0.3, -0.25) is 0 Å². The lowest BCUT2D eigenvalue weighted by atomic mass is 10.1. The summed E-state index contributed by atoms with van der Waals surface area (Å²) in [6.45, 7) is 0. The molecule has 0 aliphatic rings. The van der Waals surface area contributed by atoms with Gasteiger partial charge < -0.3 is 4.90 Å². The van der Waals surface area contributed by atoms with E-state index in [2.05, 4.69) is 108 Å². The zero-order valence-electron chi connectivity index (χ0n) is 16.6. The third-order valence-electron chi connectivity index (χ3n) is 5.70. The molecule has 0 fully saturated rings. The normalized spacial score (nSPS) is 11.4. The van der Waals surface area contributed by atoms with Gasteiger partial charge in [-0.15, -0.1) is 11.3 Å². The van der Waals surface area contributed by atoms with Gasteiger partial charge >= 0.3 is 0 Å². The van der Waals surface area contributed by atoms with Crippen LogP contribution in [0.4, 0.5) is 17.1 Å². The van der Waals surface area contributed by atoms with Crippen LogP contribution in [0.3, 0.4) is 0 Å². The van der Waals surface area contributed by atoms with Crippen LogP contribution in [0.15, 0.2) is 109 Å². The molecule has 0 aliphatic carbocycles. The third-order valence-corrected chi connectivity index (χ3v) is 7.13. The van der Waals surface area contributed by atoms with Gasteiger partial charge in [0.1, 0.15) is 0 Å². The molecule has 0 unspecified atom stereocenters. The van der Waals surface area contributed by atoms with Crippen molar-refractivity contribution < 1.29 is 0 Å². The number of fused-ring (bicyclic) bond motifs is 4. The first-order valence-electron chi connectivity index (χ1n) is 10.2. The van der Waals surface area contributed by atoms with Crippen LogP contribution in [-0.2, 0) is 0 Å². The summed E-state index contributed by atoms with van der Waals surface area (Å²) in [6, 6.07) is 38.4. The number of halogens is 1. The second-order valence-electron chi connectivity index (χ2n) is 7.57. The summed E-state index contributed by atoms with van der Waals surface area (Å²) in [5.41, 5.74) is 3.49. The summed E-state index contributed by atoms with van der Waals surface area (Å²) < 4.78 is 2.47. The molecule has 0 bridgehead atoms. The van der Waals surface area contributed by atoms with E-state index in [4.69, 9.17) is 11.6 Å². The van der Waals surface area contributed by atoms with Crippen LogP contribution < -0.4 is 4.90 Å². The number of hydrogen-bond donors (Lipinski definition) is 0. The monoisotopic (exact) mass is 435 g/mol. The molecule has 0 spiro atoms. The lowest BCUT2D eigenvalue weighted by Gasteiger charge is -2.27. The molecule has 31 heavy (non-hydrogen) atoms. The topological polar surface area (TPSA) is 3.24 Å². The number of anilines is 3. The highest BCUT2D eigenvalue weighted by atomic mass is 35.5. The molecule has 148 valence electrons. The van der Waals surface area contributed by atoms with E-state index in [0.717, 1.165) is 10.7 Å². The summed E-state index contributed by atoms with van der Waals surface area (Å²) in [6.07, 6.45) is 0. The Morgan fingerprint density at radius 3 is 2.19 bits per heavy atom. The van der Waals surface area contributed by atoms with Crippen molar-refractivity contribution in [3.8, 4) is 0 Å². The molecule has 0 saturated heterocycles. The molecule has 0 atom stereocenters. The van der Waals surface area contributed by atoms with E-state index in [1.165, 1.54) is 42.3 Å². The summed E-state index contributed by atoms with van der Waals surface area (Å²) in [7, 11) is 0. The van der Waals surface area contributed by atoms with Crippen LogP contribution in [0.5, 0.6) is 0 Å². The van der Waals surface area contributed by atoms with Crippen LogP contribution in [-0.4, -0.2) is 0 Å². The molecular weight excluding hydrogens is 418 g/mol. The molecule has 0 aliphatic heterocycles. The van der Waals surface area contributed by atoms with Crippen LogP contribution in [0, 0.1) is 0 Å². The molecule has 0 radical (unpaired) electrons. The van der Waals surface area contributed by atoms with E-state index in [1.807, 2.05) is 6.07 Å². The lowest BCUT2D eigenvalue weighted by molar-refractivity contribution is 1.32. The maximum atomic E-state index is 6.30. The molecule has 6 aromatic rings. The van der Waals surface area contributed by atoms with Gasteiger partial charge in [0.05, 0.1) is 16.1 Å². The predicted molar refractivity (Wildman–Crippen MR) is 137 cm³/mol. The van der Waals surface area contributed by atoms with Crippen molar-refractivity contribution in [3.63, 3.8) is 0 Å². The van der Waals surface area contributed by atoms with Gasteiger partial charge in [-0.2, -0.15) is 0 Å². The molecular formula is C28H18ClNS. The second kappa shape index (κ2) is 7.42. The first-order chi connectivity index (χ1) is 15.3. The average molecular weight is 436 g/mol. The standard InChI is InChI=1S/C28H18ClNS/c29-20-16-17-23-24-13-7-15-26(28(24)31-27(23)18-20)30(21-10-2-1-3-11-21)25-14-6-9-19-8-4-5-12-22(19)25/h1-18H. The van der Waals surface area contributed by atoms with Crippen molar-refractivity contribution in [1.29, 1.82) is 0 Å². The Labute approximate surface area is 189 Å². The van der Waals surface area contributed by atoms with Crippen molar-refractivity contribution in [2.75, 3.05) is 4.90 Å². The first-order valence-corrected chi connectivity index (χ1v) is 11.4. The quantitative estimate of drug-likeness (QED) is 0.267. The highest BCUT2D eigenvalue weighted by molar-refractivity contribution is 7.26. The van der Waals surface area contributed by atoms with Gasteiger partial charge in [0.2, 0.25) is 0 Å². The number of nitrogens with zero attached hydrogens (tertiary/aromatic N) is 1. The number of para-hydroxylation sites is 1. The van der Waals surface area contributed by atoms with Crippen molar-refractivity contribution in [3.05, 3.63) is 114 Å². The van der Waals surface area contributed by atoms with Gasteiger partial charge in [-0.05, 0) is 41.8 Å². The van der Waals surface area contributed by atoms with Crippen molar-refractivity contribution in [2.24, 2.45) is 0 Å². The summed E-state index contributed by atoms with van der Waals surface area (Å²) >= 11 is 8.10. The maximum Gasteiger partial charge on any atom is 0.0640 e. The Morgan fingerprint density at radius 2 is 1.29 bits per heavy atom. The fourth-order valence-electron chi connectivity index (χ4n) is 4.32. The lowest BCUT2D eigenvalue weighted by Crippen LogP contribution is -2.10. The van der Waals surface area contributed by atoms with Gasteiger partial charge in [-0.25, -0.2) is 0 Å². The van der Waals surface area contributed by atoms with E-state index < -0.39 is 0 Å². The second-order valence-corrected chi connectivity index (χ2v) is 9.05. The highest BCUT2D eigenvalue weighted by Gasteiger charge is 2.19. The number of hydrogen-bond acceptors (Lipinski definition) is 2. The van der Waals surface area contributed by atoms with E-state index in [1.54, 1.807) is 11.3 Å². The first kappa shape index (κ1) is 18.4. The number of rotatable bonds is 3. The highest BCUT2D eigenvalue weighted by Crippen LogP contribution is 2.46. The number of thiophene rings is 1. The third kappa shape index (κ3) is 3.07. The summed E-state index contributed by atoms with van der Waals surface area (Å²) in [5.74, 6) is 0. The van der Waals surface area contributed by atoms with Crippen molar-refractivity contribution in [1.82, 2.24) is 0 Å². The molecule has 0 amide bonds. The molecule has 3 heteroatoms. The SMILES string of the molecule is Clc1ccc2c(c1)sc1c(N(c3ccccc3)c3cccc4ccccc34)cccc12. The van der Waals surface area contributed by atoms with Crippen LogP contribution >= 0.6 is 22.9 Å². The minimum atomic E-state index is 0.773. The van der Waals surface area contributed by atoms with Crippen molar-refractivity contribution >= 4 is 70.9 Å². The molecule has 0 N–H and O–H groups in total. The van der Waals surface area contributed by atoms with Gasteiger partial charge in [-0.1, -0.05) is 84.4 Å². The average Bonchev–Trinajstić information content (AvgIpc) is 3.18. The number of benzene rings is 5. The fourth-order valence-corrected chi connectivity index (χ4v) is 5.80. The fraction of sp³-hybridized carbons (Fsp3) is 0. The molecule has 1 nitrogen and oxygen atoms in total. The van der Waals surface area contributed by atoms with Crippen LogP contribution in [0.2, 0.25) is 5.02 Å². The Morgan fingerprint density at radius 1 is 0.581 bits per heavy atom. The van der Waals surface area contributed by atoms with E-state index >= 15 is 0 Å². The molecule has 1 aromatic heterocycles. The van der Waals surface area contributed by atoms with E-state index in [-0.39, 0.29) is 0 Å². The predicted octanol–water partition coefficient (Wildman–Crippen LogP) is 9.33. The Balaban J connectivity index is 1.70. The zero-order chi connectivity index (χ0) is 20.8. The van der Waals surface area contributed by atoms with E-state index in [0.29, 0.717) is 0 Å². The Hall–Kier alpha value is -3.33.